The lowest BCUT2D eigenvalue weighted by Crippen LogP contribution is -2.31. The number of ether oxygens (including phenoxy) is 1. The molecule has 2 atom stereocenters. The Morgan fingerprint density at radius 1 is 1.41 bits per heavy atom. The van der Waals surface area contributed by atoms with E-state index in [-0.39, 0.29) is 0 Å². The first-order valence-electron chi connectivity index (χ1n) is 6.27. The first-order chi connectivity index (χ1) is 8.15. The number of likely N-dealkylation sites (tertiary alicyclic amines) is 1. The Morgan fingerprint density at radius 2 is 2.24 bits per heavy atom. The summed E-state index contributed by atoms with van der Waals surface area (Å²) in [7, 11) is 0. The molecule has 2 unspecified atom stereocenters. The quantitative estimate of drug-likeness (QED) is 0.843. The van der Waals surface area contributed by atoms with Crippen LogP contribution < -0.4 is 4.74 Å². The molecule has 0 aromatic heterocycles. The van der Waals surface area contributed by atoms with E-state index >= 15 is 0 Å². The maximum atomic E-state index is 5.76. The molecule has 1 aromatic carbocycles. The number of hydrogen-bond acceptors (Lipinski definition) is 2. The van der Waals surface area contributed by atoms with Gasteiger partial charge in [0.05, 0.1) is 0 Å². The van der Waals surface area contributed by atoms with Gasteiger partial charge in [-0.15, -0.1) is 0 Å². The molecule has 0 bridgehead atoms. The Hall–Kier alpha value is -0.540. The fourth-order valence-corrected chi connectivity index (χ4v) is 2.91. The molecule has 0 spiro atoms. The van der Waals surface area contributed by atoms with E-state index in [0.29, 0.717) is 6.04 Å². The molecule has 0 N–H and O–H groups in total. The summed E-state index contributed by atoms with van der Waals surface area (Å²) in [5.74, 6) is 1.77. The van der Waals surface area contributed by atoms with E-state index < -0.39 is 0 Å². The third-order valence-electron chi connectivity index (χ3n) is 3.36. The van der Waals surface area contributed by atoms with Crippen LogP contribution in [0.25, 0.3) is 0 Å². The van der Waals surface area contributed by atoms with Gasteiger partial charge in [-0.1, -0.05) is 28.9 Å². The van der Waals surface area contributed by atoms with Crippen molar-refractivity contribution >= 4 is 15.9 Å². The normalized spacial score (nSPS) is 25.1. The van der Waals surface area contributed by atoms with E-state index in [0.717, 1.165) is 29.3 Å². The lowest BCUT2D eigenvalue weighted by molar-refractivity contribution is 0.202. The van der Waals surface area contributed by atoms with Crippen LogP contribution in [0.1, 0.15) is 20.3 Å². The minimum atomic E-state index is 0.705. The number of nitrogens with zero attached hydrogens (tertiary/aromatic N) is 1. The minimum absolute atomic E-state index is 0.705. The molecule has 0 aliphatic carbocycles. The number of halogens is 1. The molecule has 0 saturated carbocycles. The number of rotatable bonds is 4. The van der Waals surface area contributed by atoms with Gasteiger partial charge in [0.25, 0.3) is 0 Å². The van der Waals surface area contributed by atoms with Crippen LogP contribution in [0.15, 0.2) is 28.7 Å². The van der Waals surface area contributed by atoms with Crippen molar-refractivity contribution in [1.82, 2.24) is 4.90 Å². The average Bonchev–Trinajstić information content (AvgIpc) is 2.58. The van der Waals surface area contributed by atoms with Crippen molar-refractivity contribution in [2.24, 2.45) is 5.92 Å². The van der Waals surface area contributed by atoms with Crippen LogP contribution in [0, 0.1) is 5.92 Å². The van der Waals surface area contributed by atoms with Crippen molar-refractivity contribution in [3.8, 4) is 5.75 Å². The Balaban J connectivity index is 1.76. The highest BCUT2D eigenvalue weighted by atomic mass is 79.9. The van der Waals surface area contributed by atoms with Crippen molar-refractivity contribution < 1.29 is 4.74 Å². The molecule has 2 nitrogen and oxygen atoms in total. The van der Waals surface area contributed by atoms with E-state index in [4.69, 9.17) is 4.74 Å². The van der Waals surface area contributed by atoms with Gasteiger partial charge in [-0.25, -0.2) is 0 Å². The maximum absolute atomic E-state index is 5.76. The van der Waals surface area contributed by atoms with Crippen LogP contribution in [0.3, 0.4) is 0 Å². The SMILES string of the molecule is CC1CC(C)N(CCOc2cccc(Br)c2)C1. The summed E-state index contributed by atoms with van der Waals surface area (Å²) in [6.45, 7) is 7.64. The summed E-state index contributed by atoms with van der Waals surface area (Å²) >= 11 is 3.45. The van der Waals surface area contributed by atoms with Gasteiger partial charge in [-0.2, -0.15) is 0 Å². The van der Waals surface area contributed by atoms with Crippen LogP contribution >= 0.6 is 15.9 Å². The lowest BCUT2D eigenvalue weighted by atomic mass is 10.1. The fraction of sp³-hybridized carbons (Fsp3) is 0.571. The average molecular weight is 298 g/mol. The zero-order chi connectivity index (χ0) is 12.3. The Labute approximate surface area is 112 Å². The second kappa shape index (κ2) is 5.87. The van der Waals surface area contributed by atoms with E-state index in [1.807, 2.05) is 24.3 Å². The Bertz CT molecular complexity index is 369. The smallest absolute Gasteiger partial charge is 0.120 e. The topological polar surface area (TPSA) is 12.5 Å². The van der Waals surface area contributed by atoms with Crippen LogP contribution in [-0.4, -0.2) is 30.6 Å². The first-order valence-corrected chi connectivity index (χ1v) is 7.07. The van der Waals surface area contributed by atoms with E-state index in [9.17, 15) is 0 Å². The largest absolute Gasteiger partial charge is 0.492 e. The third kappa shape index (κ3) is 3.71. The van der Waals surface area contributed by atoms with E-state index in [1.165, 1.54) is 13.0 Å². The number of benzene rings is 1. The fourth-order valence-electron chi connectivity index (χ4n) is 2.54. The zero-order valence-electron chi connectivity index (χ0n) is 10.5. The molecule has 1 heterocycles. The van der Waals surface area contributed by atoms with Gasteiger partial charge in [0, 0.05) is 23.6 Å². The summed E-state index contributed by atoms with van der Waals surface area (Å²) in [5.41, 5.74) is 0. The molecule has 1 saturated heterocycles. The van der Waals surface area contributed by atoms with Crippen molar-refractivity contribution in [1.29, 1.82) is 0 Å². The van der Waals surface area contributed by atoms with Gasteiger partial charge >= 0.3 is 0 Å². The third-order valence-corrected chi connectivity index (χ3v) is 3.85. The van der Waals surface area contributed by atoms with Gasteiger partial charge in [0.2, 0.25) is 0 Å². The Morgan fingerprint density at radius 3 is 2.88 bits per heavy atom. The summed E-state index contributed by atoms with van der Waals surface area (Å²) in [5, 5.41) is 0. The van der Waals surface area contributed by atoms with Gasteiger partial charge in [-0.05, 0) is 37.5 Å². The predicted molar refractivity (Wildman–Crippen MR) is 74.5 cm³/mol. The van der Waals surface area contributed by atoms with Crippen molar-refractivity contribution in [2.45, 2.75) is 26.3 Å². The highest BCUT2D eigenvalue weighted by Gasteiger charge is 2.25. The molecular weight excluding hydrogens is 278 g/mol. The van der Waals surface area contributed by atoms with Crippen LogP contribution in [0.4, 0.5) is 0 Å². The van der Waals surface area contributed by atoms with Gasteiger partial charge in [0.1, 0.15) is 12.4 Å². The number of hydrogen-bond donors (Lipinski definition) is 0. The summed E-state index contributed by atoms with van der Waals surface area (Å²) in [6.07, 6.45) is 1.32. The summed E-state index contributed by atoms with van der Waals surface area (Å²) in [6, 6.07) is 8.73. The molecule has 1 aromatic rings. The molecule has 17 heavy (non-hydrogen) atoms. The molecule has 0 amide bonds. The van der Waals surface area contributed by atoms with Crippen LogP contribution in [0.2, 0.25) is 0 Å². The maximum Gasteiger partial charge on any atom is 0.120 e. The zero-order valence-corrected chi connectivity index (χ0v) is 12.1. The second-order valence-corrected chi connectivity index (χ2v) is 5.91. The minimum Gasteiger partial charge on any atom is -0.492 e. The van der Waals surface area contributed by atoms with Crippen molar-refractivity contribution in [3.63, 3.8) is 0 Å². The van der Waals surface area contributed by atoms with Crippen molar-refractivity contribution in [3.05, 3.63) is 28.7 Å². The summed E-state index contributed by atoms with van der Waals surface area (Å²) < 4.78 is 6.83. The Kier molecular flexibility index (Phi) is 4.46. The second-order valence-electron chi connectivity index (χ2n) is 4.99. The molecule has 1 fully saturated rings. The molecule has 94 valence electrons. The molecule has 0 radical (unpaired) electrons. The first kappa shape index (κ1) is 12.9. The van der Waals surface area contributed by atoms with Crippen LogP contribution in [-0.2, 0) is 0 Å². The standard InChI is InChI=1S/C14H20BrNO/c1-11-8-12(2)16(10-11)6-7-17-14-5-3-4-13(15)9-14/h3-5,9,11-12H,6-8,10H2,1-2H3. The highest BCUT2D eigenvalue weighted by molar-refractivity contribution is 9.10. The molecule has 1 aliphatic rings. The summed E-state index contributed by atoms with van der Waals surface area (Å²) in [4.78, 5) is 2.52. The van der Waals surface area contributed by atoms with Gasteiger partial charge in [-0.3, -0.25) is 4.90 Å². The van der Waals surface area contributed by atoms with E-state index in [1.54, 1.807) is 0 Å². The van der Waals surface area contributed by atoms with Crippen LogP contribution in [0.5, 0.6) is 5.75 Å². The molecular formula is C14H20BrNO. The monoisotopic (exact) mass is 297 g/mol. The van der Waals surface area contributed by atoms with E-state index in [2.05, 4.69) is 34.7 Å². The molecule has 2 rings (SSSR count). The molecule has 3 heteroatoms. The molecule has 1 aliphatic heterocycles. The van der Waals surface area contributed by atoms with Gasteiger partial charge < -0.3 is 4.74 Å². The highest BCUT2D eigenvalue weighted by Crippen LogP contribution is 2.22. The van der Waals surface area contributed by atoms with Gasteiger partial charge in [0.15, 0.2) is 0 Å². The van der Waals surface area contributed by atoms with Crippen molar-refractivity contribution in [2.75, 3.05) is 19.7 Å². The lowest BCUT2D eigenvalue weighted by Gasteiger charge is -2.20. The predicted octanol–water partition coefficient (Wildman–Crippen LogP) is 3.56.